The second-order valence-electron chi connectivity index (χ2n) is 7.55. The summed E-state index contributed by atoms with van der Waals surface area (Å²) in [6.07, 6.45) is 4.19. The zero-order valence-corrected chi connectivity index (χ0v) is 16.5. The second-order valence-corrected chi connectivity index (χ2v) is 7.55. The van der Waals surface area contributed by atoms with Crippen LogP contribution in [0.4, 0.5) is 4.39 Å². The van der Waals surface area contributed by atoms with E-state index in [0.29, 0.717) is 6.42 Å². The summed E-state index contributed by atoms with van der Waals surface area (Å²) in [5, 5.41) is 0. The van der Waals surface area contributed by atoms with Gasteiger partial charge in [-0.2, -0.15) is 0 Å². The summed E-state index contributed by atoms with van der Waals surface area (Å²) in [4.78, 5) is 17.4. The van der Waals surface area contributed by atoms with Crippen molar-refractivity contribution in [1.82, 2.24) is 14.4 Å². The standard InChI is InChI=1S/C24H26FN3O/c25-22-10-6-9-21(17-22)23(27-11-4-5-12-27)18-24(29)28-15-13-26(14-16-28)19-20-7-2-1-3-8-20/h1-12,17,23H,13-16,18-19H2. The maximum atomic E-state index is 13.8. The van der Waals surface area contributed by atoms with Gasteiger partial charge in [-0.15, -0.1) is 0 Å². The van der Waals surface area contributed by atoms with Gasteiger partial charge in [-0.05, 0) is 35.4 Å². The Balaban J connectivity index is 1.38. The molecule has 2 aromatic carbocycles. The Morgan fingerprint density at radius 2 is 1.62 bits per heavy atom. The zero-order valence-electron chi connectivity index (χ0n) is 16.5. The first-order chi connectivity index (χ1) is 14.2. The predicted molar refractivity (Wildman–Crippen MR) is 112 cm³/mol. The van der Waals surface area contributed by atoms with E-state index in [-0.39, 0.29) is 17.8 Å². The molecule has 1 fully saturated rings. The van der Waals surface area contributed by atoms with Crippen molar-refractivity contribution in [3.63, 3.8) is 0 Å². The maximum Gasteiger partial charge on any atom is 0.225 e. The molecule has 1 amide bonds. The molecule has 0 aliphatic carbocycles. The fourth-order valence-corrected chi connectivity index (χ4v) is 3.96. The van der Waals surface area contributed by atoms with E-state index < -0.39 is 0 Å². The number of carbonyl (C=O) groups excluding carboxylic acids is 1. The summed E-state index contributed by atoms with van der Waals surface area (Å²) in [7, 11) is 0. The first kappa shape index (κ1) is 19.4. The summed E-state index contributed by atoms with van der Waals surface area (Å²) >= 11 is 0. The van der Waals surface area contributed by atoms with Crippen LogP contribution in [0.3, 0.4) is 0 Å². The Kier molecular flexibility index (Phi) is 6.06. The number of aromatic nitrogens is 1. The van der Waals surface area contributed by atoms with Crippen molar-refractivity contribution in [3.8, 4) is 0 Å². The Labute approximate surface area is 171 Å². The molecule has 0 N–H and O–H groups in total. The molecule has 150 valence electrons. The van der Waals surface area contributed by atoms with Crippen molar-refractivity contribution >= 4 is 5.91 Å². The number of piperazine rings is 1. The number of hydrogen-bond donors (Lipinski definition) is 0. The molecule has 1 unspecified atom stereocenters. The van der Waals surface area contributed by atoms with Crippen molar-refractivity contribution in [2.75, 3.05) is 26.2 Å². The van der Waals surface area contributed by atoms with Crippen LogP contribution in [0.5, 0.6) is 0 Å². The van der Waals surface area contributed by atoms with E-state index in [0.717, 1.165) is 38.3 Å². The fourth-order valence-electron chi connectivity index (χ4n) is 3.96. The van der Waals surface area contributed by atoms with Crippen LogP contribution < -0.4 is 0 Å². The lowest BCUT2D eigenvalue weighted by atomic mass is 10.0. The lowest BCUT2D eigenvalue weighted by molar-refractivity contribution is -0.133. The monoisotopic (exact) mass is 391 g/mol. The molecule has 1 aliphatic rings. The molecular formula is C24H26FN3O. The van der Waals surface area contributed by atoms with Crippen molar-refractivity contribution in [2.45, 2.75) is 19.0 Å². The number of carbonyl (C=O) groups is 1. The number of nitrogens with zero attached hydrogens (tertiary/aromatic N) is 3. The molecule has 3 aromatic rings. The van der Waals surface area contributed by atoms with Crippen molar-refractivity contribution < 1.29 is 9.18 Å². The molecule has 2 heterocycles. The van der Waals surface area contributed by atoms with Gasteiger partial charge in [0.25, 0.3) is 0 Å². The number of hydrogen-bond acceptors (Lipinski definition) is 2. The Morgan fingerprint density at radius 3 is 2.31 bits per heavy atom. The van der Waals surface area contributed by atoms with E-state index in [9.17, 15) is 9.18 Å². The Bertz CT molecular complexity index is 918. The number of halogens is 1. The quantitative estimate of drug-likeness (QED) is 0.637. The minimum Gasteiger partial charge on any atom is -0.346 e. The Hall–Kier alpha value is -2.92. The summed E-state index contributed by atoms with van der Waals surface area (Å²) in [6, 6.07) is 20.6. The molecule has 5 heteroatoms. The first-order valence-corrected chi connectivity index (χ1v) is 10.1. The van der Waals surface area contributed by atoms with Gasteiger partial charge in [0.2, 0.25) is 5.91 Å². The van der Waals surface area contributed by atoms with Crippen LogP contribution in [0.15, 0.2) is 79.1 Å². The molecule has 1 aromatic heterocycles. The minimum absolute atomic E-state index is 0.118. The van der Waals surface area contributed by atoms with E-state index in [1.165, 1.54) is 17.7 Å². The molecule has 29 heavy (non-hydrogen) atoms. The smallest absolute Gasteiger partial charge is 0.225 e. The average molecular weight is 391 g/mol. The molecule has 1 aliphatic heterocycles. The maximum absolute atomic E-state index is 13.8. The highest BCUT2D eigenvalue weighted by Crippen LogP contribution is 2.24. The fraction of sp³-hybridized carbons (Fsp3) is 0.292. The van der Waals surface area contributed by atoms with Crippen LogP contribution in [-0.2, 0) is 11.3 Å². The van der Waals surface area contributed by atoms with Gasteiger partial charge in [-0.25, -0.2) is 4.39 Å². The second kappa shape index (κ2) is 9.05. The molecule has 1 saturated heterocycles. The molecule has 1 atom stereocenters. The van der Waals surface area contributed by atoms with Crippen molar-refractivity contribution in [1.29, 1.82) is 0 Å². The van der Waals surface area contributed by atoms with Crippen molar-refractivity contribution in [3.05, 3.63) is 96.1 Å². The predicted octanol–water partition coefficient (Wildman–Crippen LogP) is 3.95. The molecule has 0 saturated carbocycles. The minimum atomic E-state index is -0.276. The van der Waals surface area contributed by atoms with Gasteiger partial charge < -0.3 is 9.47 Å². The van der Waals surface area contributed by atoms with Crippen LogP contribution in [0, 0.1) is 5.82 Å². The third kappa shape index (κ3) is 4.93. The summed E-state index contributed by atoms with van der Waals surface area (Å²) in [5.74, 6) is -0.158. The van der Waals surface area contributed by atoms with E-state index in [1.807, 2.05) is 46.1 Å². The van der Waals surface area contributed by atoms with Crippen LogP contribution in [-0.4, -0.2) is 46.5 Å². The van der Waals surface area contributed by atoms with E-state index in [2.05, 4.69) is 29.2 Å². The zero-order chi connectivity index (χ0) is 20.1. The number of amides is 1. The van der Waals surface area contributed by atoms with Gasteiger partial charge in [0.05, 0.1) is 12.5 Å². The lowest BCUT2D eigenvalue weighted by Gasteiger charge is -2.35. The van der Waals surface area contributed by atoms with Crippen LogP contribution in [0.25, 0.3) is 0 Å². The van der Waals surface area contributed by atoms with E-state index in [1.54, 1.807) is 6.07 Å². The number of rotatable bonds is 6. The lowest BCUT2D eigenvalue weighted by Crippen LogP contribution is -2.48. The molecule has 4 nitrogen and oxygen atoms in total. The van der Waals surface area contributed by atoms with Gasteiger partial charge in [0.15, 0.2) is 0 Å². The molecule has 0 radical (unpaired) electrons. The SMILES string of the molecule is O=C(CC(c1cccc(F)c1)n1cccc1)N1CCN(Cc2ccccc2)CC1. The summed E-state index contributed by atoms with van der Waals surface area (Å²) in [5.41, 5.74) is 2.11. The first-order valence-electron chi connectivity index (χ1n) is 10.1. The topological polar surface area (TPSA) is 28.5 Å². The molecular weight excluding hydrogens is 365 g/mol. The van der Waals surface area contributed by atoms with Gasteiger partial charge >= 0.3 is 0 Å². The van der Waals surface area contributed by atoms with Crippen LogP contribution in [0.2, 0.25) is 0 Å². The largest absolute Gasteiger partial charge is 0.346 e. The molecule has 0 spiro atoms. The highest BCUT2D eigenvalue weighted by molar-refractivity contribution is 5.77. The highest BCUT2D eigenvalue weighted by atomic mass is 19.1. The third-order valence-electron chi connectivity index (χ3n) is 5.56. The van der Waals surface area contributed by atoms with Crippen LogP contribution >= 0.6 is 0 Å². The van der Waals surface area contributed by atoms with E-state index >= 15 is 0 Å². The average Bonchev–Trinajstić information content (AvgIpc) is 3.28. The normalized spacial score (nSPS) is 16.0. The molecule has 4 rings (SSSR count). The Morgan fingerprint density at radius 1 is 0.897 bits per heavy atom. The van der Waals surface area contributed by atoms with Crippen molar-refractivity contribution in [2.24, 2.45) is 0 Å². The number of benzene rings is 2. The van der Waals surface area contributed by atoms with Gasteiger partial charge in [0, 0.05) is 45.1 Å². The summed E-state index contributed by atoms with van der Waals surface area (Å²) < 4.78 is 15.8. The highest BCUT2D eigenvalue weighted by Gasteiger charge is 2.25. The van der Waals surface area contributed by atoms with Gasteiger partial charge in [-0.1, -0.05) is 42.5 Å². The third-order valence-corrected chi connectivity index (χ3v) is 5.56. The van der Waals surface area contributed by atoms with E-state index in [4.69, 9.17) is 0 Å². The van der Waals surface area contributed by atoms with Gasteiger partial charge in [0.1, 0.15) is 5.82 Å². The van der Waals surface area contributed by atoms with Gasteiger partial charge in [-0.3, -0.25) is 9.69 Å². The van der Waals surface area contributed by atoms with Crippen LogP contribution in [0.1, 0.15) is 23.6 Å². The molecule has 0 bridgehead atoms. The summed E-state index contributed by atoms with van der Waals surface area (Å²) in [6.45, 7) is 4.11.